The van der Waals surface area contributed by atoms with Gasteiger partial charge in [-0.05, 0) is 72.5 Å². The number of hydrogen-bond acceptors (Lipinski definition) is 7. The molecule has 39 heavy (non-hydrogen) atoms. The first kappa shape index (κ1) is 24.5. The van der Waals surface area contributed by atoms with Gasteiger partial charge in [0, 0.05) is 38.9 Å². The van der Waals surface area contributed by atoms with E-state index in [2.05, 4.69) is 75.1 Å². The van der Waals surface area contributed by atoms with E-state index in [1.807, 2.05) is 35.0 Å². The predicted molar refractivity (Wildman–Crippen MR) is 154 cm³/mol. The Balaban J connectivity index is 1.20. The molecule has 0 atom stereocenters. The van der Waals surface area contributed by atoms with Crippen molar-refractivity contribution < 1.29 is 4.79 Å². The summed E-state index contributed by atoms with van der Waals surface area (Å²) < 4.78 is 2.03. The van der Waals surface area contributed by atoms with Crippen LogP contribution in [0.3, 0.4) is 0 Å². The number of rotatable bonds is 6. The van der Waals surface area contributed by atoms with Crippen molar-refractivity contribution in [2.75, 3.05) is 36.4 Å². The second kappa shape index (κ2) is 10.2. The van der Waals surface area contributed by atoms with Crippen LogP contribution in [0.25, 0.3) is 22.1 Å². The molecular formula is C30H30N8O. The van der Waals surface area contributed by atoms with E-state index in [1.54, 1.807) is 6.33 Å². The third kappa shape index (κ3) is 4.90. The van der Waals surface area contributed by atoms with Crippen LogP contribution in [-0.2, 0) is 18.3 Å². The highest BCUT2D eigenvalue weighted by Gasteiger charge is 2.21. The number of carbonyl (C=O) groups is 1. The van der Waals surface area contributed by atoms with Crippen molar-refractivity contribution in [2.45, 2.75) is 13.3 Å². The predicted octanol–water partition coefficient (Wildman–Crippen LogP) is 4.39. The summed E-state index contributed by atoms with van der Waals surface area (Å²) >= 11 is 0. The number of hydrogen-bond donors (Lipinski definition) is 1. The molecule has 1 aliphatic rings. The zero-order chi connectivity index (χ0) is 26.9. The molecule has 9 nitrogen and oxygen atoms in total. The van der Waals surface area contributed by atoms with Crippen LogP contribution in [0.15, 0.2) is 73.8 Å². The minimum Gasteiger partial charge on any atom is -0.353 e. The molecule has 1 fully saturated rings. The molecule has 0 bridgehead atoms. The number of imidazole rings is 1. The molecule has 0 saturated carbocycles. The van der Waals surface area contributed by atoms with Gasteiger partial charge in [-0.3, -0.25) is 4.79 Å². The fourth-order valence-corrected chi connectivity index (χ4v) is 5.10. The maximum Gasteiger partial charge on any atom is 0.246 e. The van der Waals surface area contributed by atoms with Crippen LogP contribution < -0.4 is 10.2 Å². The van der Waals surface area contributed by atoms with Crippen LogP contribution >= 0.6 is 0 Å². The number of fused-ring (bicyclic) bond motifs is 2. The van der Waals surface area contributed by atoms with Crippen molar-refractivity contribution in [3.8, 4) is 0 Å². The average molecular weight is 519 g/mol. The first-order valence-electron chi connectivity index (χ1n) is 13.0. The van der Waals surface area contributed by atoms with E-state index < -0.39 is 0 Å². The summed E-state index contributed by atoms with van der Waals surface area (Å²) in [6.45, 7) is 8.42. The van der Waals surface area contributed by atoms with Crippen molar-refractivity contribution in [1.29, 1.82) is 0 Å². The number of aryl methyl sites for hydroxylation is 2. The van der Waals surface area contributed by atoms with Crippen LogP contribution in [0.1, 0.15) is 16.7 Å². The first-order valence-corrected chi connectivity index (χ1v) is 13.0. The summed E-state index contributed by atoms with van der Waals surface area (Å²) in [6.07, 6.45) is 5.61. The molecule has 0 aliphatic carbocycles. The molecule has 1 N–H and O–H groups in total. The Hall–Kier alpha value is -4.79. The fraction of sp³-hybridized carbons (Fsp3) is 0.233. The van der Waals surface area contributed by atoms with Crippen LogP contribution in [0, 0.1) is 6.92 Å². The number of piperazine rings is 1. The number of nitrogens with one attached hydrogen (secondary N) is 1. The van der Waals surface area contributed by atoms with Crippen molar-refractivity contribution in [3.63, 3.8) is 0 Å². The van der Waals surface area contributed by atoms with E-state index in [4.69, 9.17) is 4.98 Å². The number of aromatic nitrogens is 5. The number of nitrogens with zero attached hydrogens (tertiary/aromatic N) is 7. The summed E-state index contributed by atoms with van der Waals surface area (Å²) in [7, 11) is 2.01. The molecule has 6 rings (SSSR count). The van der Waals surface area contributed by atoms with Gasteiger partial charge in [-0.1, -0.05) is 18.7 Å². The third-order valence-corrected chi connectivity index (χ3v) is 7.35. The maximum atomic E-state index is 11.9. The number of benzene rings is 2. The third-order valence-electron chi connectivity index (χ3n) is 7.35. The number of pyridine rings is 1. The van der Waals surface area contributed by atoms with Gasteiger partial charge in [0.1, 0.15) is 17.7 Å². The summed E-state index contributed by atoms with van der Waals surface area (Å²) in [5.41, 5.74) is 8.27. The van der Waals surface area contributed by atoms with E-state index in [9.17, 15) is 4.79 Å². The minimum absolute atomic E-state index is 0.0309. The van der Waals surface area contributed by atoms with Gasteiger partial charge in [-0.25, -0.2) is 19.9 Å². The van der Waals surface area contributed by atoms with Crippen molar-refractivity contribution in [3.05, 3.63) is 90.5 Å². The largest absolute Gasteiger partial charge is 0.353 e. The number of anilines is 3. The molecule has 3 aromatic heterocycles. The molecule has 5 aromatic rings. The second-order valence-corrected chi connectivity index (χ2v) is 9.90. The van der Waals surface area contributed by atoms with E-state index in [0.29, 0.717) is 37.5 Å². The fourth-order valence-electron chi connectivity index (χ4n) is 5.10. The number of amides is 1. The van der Waals surface area contributed by atoms with E-state index in [-0.39, 0.29) is 5.91 Å². The molecule has 4 heterocycles. The molecular weight excluding hydrogens is 488 g/mol. The molecule has 0 spiro atoms. The van der Waals surface area contributed by atoms with Crippen molar-refractivity contribution in [1.82, 2.24) is 29.4 Å². The zero-order valence-corrected chi connectivity index (χ0v) is 22.1. The lowest BCUT2D eigenvalue weighted by atomic mass is 9.99. The van der Waals surface area contributed by atoms with E-state index in [1.165, 1.54) is 22.8 Å². The van der Waals surface area contributed by atoms with E-state index in [0.717, 1.165) is 34.5 Å². The Morgan fingerprint density at radius 2 is 1.85 bits per heavy atom. The highest BCUT2D eigenvalue weighted by molar-refractivity contribution is 5.89. The Morgan fingerprint density at radius 1 is 1.00 bits per heavy atom. The van der Waals surface area contributed by atoms with Gasteiger partial charge in [-0.2, -0.15) is 0 Å². The SMILES string of the molecule is C=CC(=O)N1CCN(c2ccc3ncnc(Nc4ccc(Cc5ccc6c(c5)ncn6C)c(C)c4)c3n2)CC1. The smallest absolute Gasteiger partial charge is 0.246 e. The van der Waals surface area contributed by atoms with Gasteiger partial charge in [0.05, 0.1) is 22.9 Å². The van der Waals surface area contributed by atoms with Crippen molar-refractivity contribution in [2.24, 2.45) is 7.05 Å². The molecule has 196 valence electrons. The molecule has 2 aromatic carbocycles. The number of carbonyl (C=O) groups excluding carboxylic acids is 1. The topological polar surface area (TPSA) is 92.1 Å². The average Bonchev–Trinajstić information content (AvgIpc) is 3.34. The molecule has 0 unspecified atom stereocenters. The quantitative estimate of drug-likeness (QED) is 0.333. The van der Waals surface area contributed by atoms with Gasteiger partial charge >= 0.3 is 0 Å². The lowest BCUT2D eigenvalue weighted by molar-refractivity contribution is -0.126. The molecule has 1 saturated heterocycles. The van der Waals surface area contributed by atoms with Crippen LogP contribution in [-0.4, -0.2) is 61.5 Å². The highest BCUT2D eigenvalue weighted by Crippen LogP contribution is 2.27. The zero-order valence-electron chi connectivity index (χ0n) is 22.1. The standard InChI is InChI=1S/C30H30N8O/c1-4-28(39)38-13-11-37(12-14-38)27-10-8-24-29(35-27)30(32-18-31-24)34-23-7-6-22(20(2)15-23)16-21-5-9-26-25(17-21)33-19-36(26)3/h4-10,15,17-19H,1,11-14,16H2,2-3H3,(H,31,32,34). The van der Waals surface area contributed by atoms with Gasteiger partial charge in [0.2, 0.25) is 5.91 Å². The summed E-state index contributed by atoms with van der Waals surface area (Å²) in [5, 5.41) is 3.46. The Morgan fingerprint density at radius 3 is 2.64 bits per heavy atom. The molecule has 1 aliphatic heterocycles. The molecule has 1 amide bonds. The van der Waals surface area contributed by atoms with Crippen LogP contribution in [0.2, 0.25) is 0 Å². The summed E-state index contributed by atoms with van der Waals surface area (Å²) in [4.78, 5) is 34.3. The van der Waals surface area contributed by atoms with Crippen molar-refractivity contribution >= 4 is 45.3 Å². The van der Waals surface area contributed by atoms with Crippen LogP contribution in [0.5, 0.6) is 0 Å². The Bertz CT molecular complexity index is 1700. The lowest BCUT2D eigenvalue weighted by Crippen LogP contribution is -2.48. The first-order chi connectivity index (χ1) is 19.0. The van der Waals surface area contributed by atoms with Gasteiger partial charge in [0.15, 0.2) is 5.82 Å². The molecule has 9 heteroatoms. The van der Waals surface area contributed by atoms with Crippen LogP contribution in [0.4, 0.5) is 17.3 Å². The molecule has 0 radical (unpaired) electrons. The normalized spacial score (nSPS) is 13.7. The summed E-state index contributed by atoms with van der Waals surface area (Å²) in [6, 6.07) is 16.8. The van der Waals surface area contributed by atoms with Gasteiger partial charge < -0.3 is 19.7 Å². The Kier molecular flexibility index (Phi) is 6.40. The van der Waals surface area contributed by atoms with Gasteiger partial charge in [0.25, 0.3) is 0 Å². The lowest BCUT2D eigenvalue weighted by Gasteiger charge is -2.35. The van der Waals surface area contributed by atoms with E-state index >= 15 is 0 Å². The van der Waals surface area contributed by atoms with Gasteiger partial charge in [-0.15, -0.1) is 0 Å². The summed E-state index contributed by atoms with van der Waals surface area (Å²) in [5.74, 6) is 1.48. The highest BCUT2D eigenvalue weighted by atomic mass is 16.2. The monoisotopic (exact) mass is 518 g/mol. The second-order valence-electron chi connectivity index (χ2n) is 9.90. The minimum atomic E-state index is -0.0309. The Labute approximate surface area is 226 Å². The maximum absolute atomic E-state index is 11.9.